The number of aromatic hydroxyl groups is 1. The van der Waals surface area contributed by atoms with E-state index in [4.69, 9.17) is 14.2 Å². The molecule has 0 aliphatic carbocycles. The van der Waals surface area contributed by atoms with Gasteiger partial charge in [-0.2, -0.15) is 0 Å². The van der Waals surface area contributed by atoms with Crippen molar-refractivity contribution in [2.24, 2.45) is 0 Å². The first-order valence-electron chi connectivity index (χ1n) is 13.4. The largest absolute Gasteiger partial charge is 0.507 e. The summed E-state index contributed by atoms with van der Waals surface area (Å²) in [5.41, 5.74) is 3.22. The fraction of sp³-hybridized carbons (Fsp3) is 0.0833. The molecule has 5 aromatic carbocycles. The highest BCUT2D eigenvalue weighted by atomic mass is 19.1. The Bertz CT molecular complexity index is 1650. The quantitative estimate of drug-likeness (QED) is 0.123. The molecule has 0 unspecified atom stereocenters. The zero-order chi connectivity index (χ0) is 29.1. The summed E-state index contributed by atoms with van der Waals surface area (Å²) in [5.74, 6) is -0.692. The number of carbonyl (C=O) groups excluding carboxylic acids is 1. The summed E-state index contributed by atoms with van der Waals surface area (Å²) in [6.07, 6.45) is 2.75. The number of carbonyl (C=O) groups is 1. The molecule has 0 amide bonds. The first-order chi connectivity index (χ1) is 20.5. The molecule has 0 fully saturated rings. The number of phenolic OH excluding ortho intramolecular Hbond substituents is 1. The van der Waals surface area contributed by atoms with Crippen LogP contribution in [0.15, 0.2) is 127 Å². The van der Waals surface area contributed by atoms with Gasteiger partial charge in [0.25, 0.3) is 0 Å². The monoisotopic (exact) mass is 560 g/mol. The van der Waals surface area contributed by atoms with E-state index in [1.807, 2.05) is 91.0 Å². The highest BCUT2D eigenvalue weighted by Crippen LogP contribution is 2.35. The molecule has 0 aliphatic rings. The molecule has 6 heteroatoms. The molecule has 5 rings (SSSR count). The molecular weight excluding hydrogens is 531 g/mol. The van der Waals surface area contributed by atoms with E-state index in [9.17, 15) is 14.3 Å². The lowest BCUT2D eigenvalue weighted by Gasteiger charge is -2.15. The molecule has 210 valence electrons. The Labute approximate surface area is 244 Å². The highest BCUT2D eigenvalue weighted by molar-refractivity contribution is 6.10. The summed E-state index contributed by atoms with van der Waals surface area (Å²) in [6, 6.07) is 36.0. The Morgan fingerprint density at radius 1 is 0.643 bits per heavy atom. The van der Waals surface area contributed by atoms with Gasteiger partial charge in [-0.05, 0) is 40.5 Å². The Balaban J connectivity index is 1.33. The Morgan fingerprint density at radius 3 is 1.71 bits per heavy atom. The van der Waals surface area contributed by atoms with Crippen LogP contribution in [0.1, 0.15) is 32.6 Å². The number of ketones is 1. The molecule has 0 bridgehead atoms. The van der Waals surface area contributed by atoms with Crippen LogP contribution in [-0.2, 0) is 19.8 Å². The maximum absolute atomic E-state index is 14.7. The molecular formula is C36H29FO5. The van der Waals surface area contributed by atoms with Gasteiger partial charge < -0.3 is 19.3 Å². The molecule has 0 saturated carbocycles. The van der Waals surface area contributed by atoms with Crippen LogP contribution < -0.4 is 14.2 Å². The second-order valence-corrected chi connectivity index (χ2v) is 9.53. The fourth-order valence-electron chi connectivity index (χ4n) is 4.23. The Morgan fingerprint density at radius 2 is 1.17 bits per heavy atom. The fourth-order valence-corrected chi connectivity index (χ4v) is 4.23. The normalized spacial score (nSPS) is 10.9. The topological polar surface area (TPSA) is 65.0 Å². The van der Waals surface area contributed by atoms with Crippen LogP contribution >= 0.6 is 0 Å². The van der Waals surface area contributed by atoms with Crippen LogP contribution in [-0.4, -0.2) is 10.9 Å². The molecule has 5 aromatic rings. The first kappa shape index (κ1) is 28.2. The predicted molar refractivity (Wildman–Crippen MR) is 160 cm³/mol. The maximum Gasteiger partial charge on any atom is 0.193 e. The van der Waals surface area contributed by atoms with Gasteiger partial charge in [-0.3, -0.25) is 4.79 Å². The van der Waals surface area contributed by atoms with E-state index in [2.05, 4.69) is 0 Å². The summed E-state index contributed by atoms with van der Waals surface area (Å²) in [7, 11) is 0. The maximum atomic E-state index is 14.7. The van der Waals surface area contributed by atoms with Gasteiger partial charge >= 0.3 is 0 Å². The van der Waals surface area contributed by atoms with E-state index in [0.717, 1.165) is 16.7 Å². The molecule has 1 N–H and O–H groups in total. The van der Waals surface area contributed by atoms with Gasteiger partial charge in [0.1, 0.15) is 42.6 Å². The minimum Gasteiger partial charge on any atom is -0.507 e. The van der Waals surface area contributed by atoms with Gasteiger partial charge in [0.15, 0.2) is 17.3 Å². The molecule has 0 saturated heterocycles. The van der Waals surface area contributed by atoms with Gasteiger partial charge in [-0.25, -0.2) is 4.39 Å². The van der Waals surface area contributed by atoms with E-state index in [1.54, 1.807) is 12.1 Å². The van der Waals surface area contributed by atoms with Crippen LogP contribution in [0.2, 0.25) is 0 Å². The number of halogens is 1. The molecule has 0 atom stereocenters. The van der Waals surface area contributed by atoms with Crippen molar-refractivity contribution in [2.45, 2.75) is 19.8 Å². The third-order valence-electron chi connectivity index (χ3n) is 6.41. The molecule has 5 nitrogen and oxygen atoms in total. The van der Waals surface area contributed by atoms with Crippen LogP contribution in [0, 0.1) is 5.82 Å². The van der Waals surface area contributed by atoms with Crippen molar-refractivity contribution in [1.29, 1.82) is 0 Å². The average Bonchev–Trinajstić information content (AvgIpc) is 3.02. The average molecular weight is 561 g/mol. The van der Waals surface area contributed by atoms with Crippen LogP contribution in [0.4, 0.5) is 4.39 Å². The van der Waals surface area contributed by atoms with E-state index in [1.165, 1.54) is 30.4 Å². The van der Waals surface area contributed by atoms with Gasteiger partial charge in [0.05, 0.1) is 0 Å². The molecule has 0 heterocycles. The number of ether oxygens (including phenoxy) is 3. The number of allylic oxidation sites excluding steroid dienone is 1. The minimum absolute atomic E-state index is 0.0162. The van der Waals surface area contributed by atoms with Crippen molar-refractivity contribution in [3.05, 3.63) is 161 Å². The third-order valence-corrected chi connectivity index (χ3v) is 6.41. The number of phenols is 1. The predicted octanol–water partition coefficient (Wildman–Crippen LogP) is 8.16. The summed E-state index contributed by atoms with van der Waals surface area (Å²) in [6.45, 7) is 0.700. The van der Waals surface area contributed by atoms with Gasteiger partial charge in [0, 0.05) is 12.1 Å². The van der Waals surface area contributed by atoms with Crippen molar-refractivity contribution in [3.8, 4) is 23.0 Å². The molecule has 42 heavy (non-hydrogen) atoms. The number of benzene rings is 5. The zero-order valence-corrected chi connectivity index (χ0v) is 22.8. The van der Waals surface area contributed by atoms with Gasteiger partial charge in [0.2, 0.25) is 0 Å². The second-order valence-electron chi connectivity index (χ2n) is 9.53. The second kappa shape index (κ2) is 13.8. The van der Waals surface area contributed by atoms with Gasteiger partial charge in [-0.1, -0.05) is 103 Å². The van der Waals surface area contributed by atoms with Crippen LogP contribution in [0.3, 0.4) is 0 Å². The van der Waals surface area contributed by atoms with Crippen LogP contribution in [0.5, 0.6) is 23.0 Å². The molecule has 0 aromatic heterocycles. The number of rotatable bonds is 12. The Hall–Kier alpha value is -5.36. The Kier molecular flexibility index (Phi) is 9.27. The summed E-state index contributed by atoms with van der Waals surface area (Å²) >= 11 is 0. The zero-order valence-electron chi connectivity index (χ0n) is 22.8. The number of hydrogen-bond acceptors (Lipinski definition) is 5. The van der Waals surface area contributed by atoms with Crippen molar-refractivity contribution < 1.29 is 28.5 Å². The summed E-state index contributed by atoms with van der Waals surface area (Å²) < 4.78 is 32.2. The van der Waals surface area contributed by atoms with Crippen molar-refractivity contribution in [3.63, 3.8) is 0 Å². The standard InChI is InChI=1S/C36H29FO5/c37-31-20-26(17-19-34(31)41-24-28-12-6-2-7-13-28)16-18-32(38)36-33(39)21-30(40-23-27-10-4-1-5-11-27)22-35(36)42-25-29-14-8-3-9-15-29/h1-22,39H,23-25H2. The van der Waals surface area contributed by atoms with E-state index in [-0.39, 0.29) is 42.6 Å². The number of hydrogen-bond donors (Lipinski definition) is 1. The highest BCUT2D eigenvalue weighted by Gasteiger charge is 2.19. The lowest BCUT2D eigenvalue weighted by Crippen LogP contribution is -2.04. The van der Waals surface area contributed by atoms with Crippen LogP contribution in [0.25, 0.3) is 6.08 Å². The van der Waals surface area contributed by atoms with Crippen molar-refractivity contribution in [1.82, 2.24) is 0 Å². The molecule has 0 aliphatic heterocycles. The smallest absolute Gasteiger partial charge is 0.193 e. The summed E-state index contributed by atoms with van der Waals surface area (Å²) in [4.78, 5) is 13.3. The third kappa shape index (κ3) is 7.64. The van der Waals surface area contributed by atoms with Crippen molar-refractivity contribution >= 4 is 11.9 Å². The summed E-state index contributed by atoms with van der Waals surface area (Å²) in [5, 5.41) is 10.9. The van der Waals surface area contributed by atoms with E-state index in [0.29, 0.717) is 11.3 Å². The minimum atomic E-state index is -0.546. The first-order valence-corrected chi connectivity index (χ1v) is 13.4. The van der Waals surface area contributed by atoms with E-state index < -0.39 is 11.6 Å². The molecule has 0 spiro atoms. The SMILES string of the molecule is O=C(C=Cc1ccc(OCc2ccccc2)c(F)c1)c1c(O)cc(OCc2ccccc2)cc1OCc1ccccc1. The lowest BCUT2D eigenvalue weighted by atomic mass is 10.1. The van der Waals surface area contributed by atoms with Crippen molar-refractivity contribution in [2.75, 3.05) is 0 Å². The molecule has 0 radical (unpaired) electrons. The lowest BCUT2D eigenvalue weighted by molar-refractivity contribution is 0.104. The van der Waals surface area contributed by atoms with Gasteiger partial charge in [-0.15, -0.1) is 0 Å². The van der Waals surface area contributed by atoms with E-state index >= 15 is 0 Å².